The summed E-state index contributed by atoms with van der Waals surface area (Å²) in [6, 6.07) is 0. The average molecular weight is 218 g/mol. The summed E-state index contributed by atoms with van der Waals surface area (Å²) in [4.78, 5) is 11.0. The van der Waals surface area contributed by atoms with Crippen LogP contribution in [0.15, 0.2) is 12.2 Å². The lowest BCUT2D eigenvalue weighted by Crippen LogP contribution is -2.35. The van der Waals surface area contributed by atoms with Crippen LogP contribution in [0.2, 0.25) is 0 Å². The van der Waals surface area contributed by atoms with E-state index in [9.17, 15) is 4.79 Å². The van der Waals surface area contributed by atoms with Gasteiger partial charge in [-0.05, 0) is 13.3 Å². The number of carbonyl (C=O) groups is 1. The van der Waals surface area contributed by atoms with Crippen molar-refractivity contribution in [3.8, 4) is 0 Å². The van der Waals surface area contributed by atoms with Gasteiger partial charge in [0.2, 0.25) is 0 Å². The summed E-state index contributed by atoms with van der Waals surface area (Å²) in [5.74, 6) is -0.516. The van der Waals surface area contributed by atoms with Gasteiger partial charge >= 0.3 is 5.97 Å². The van der Waals surface area contributed by atoms with Crippen LogP contribution in [0.1, 0.15) is 13.3 Å². The molecule has 0 aromatic rings. The maximum atomic E-state index is 11.0. The van der Waals surface area contributed by atoms with Crippen molar-refractivity contribution in [3.05, 3.63) is 12.2 Å². The molecule has 0 radical (unpaired) electrons. The molecule has 0 spiro atoms. The highest BCUT2D eigenvalue weighted by Gasteiger charge is 2.28. The molecule has 0 aromatic carbocycles. The largest absolute Gasteiger partial charge is 0.462 e. The summed E-state index contributed by atoms with van der Waals surface area (Å²) >= 11 is 0. The quantitative estimate of drug-likeness (QED) is 0.394. The number of ether oxygens (including phenoxy) is 1. The van der Waals surface area contributed by atoms with E-state index in [1.54, 1.807) is 0 Å². The van der Waals surface area contributed by atoms with Crippen LogP contribution in [0.3, 0.4) is 0 Å². The fourth-order valence-electron chi connectivity index (χ4n) is 0.871. The Morgan fingerprint density at radius 2 is 1.73 bits per heavy atom. The van der Waals surface area contributed by atoms with Crippen LogP contribution in [0, 0.1) is 5.41 Å². The second-order valence-electron chi connectivity index (χ2n) is 3.64. The number of hydrogen-bond donors (Lipinski definition) is 3. The molecule has 15 heavy (non-hydrogen) atoms. The summed E-state index contributed by atoms with van der Waals surface area (Å²) in [7, 11) is 0. The van der Waals surface area contributed by atoms with E-state index in [0.717, 1.165) is 0 Å². The number of aliphatic hydroxyl groups is 3. The molecular weight excluding hydrogens is 200 g/mol. The highest BCUT2D eigenvalue weighted by molar-refractivity contribution is 5.86. The van der Waals surface area contributed by atoms with Crippen LogP contribution in [0.5, 0.6) is 0 Å². The van der Waals surface area contributed by atoms with E-state index < -0.39 is 11.4 Å². The van der Waals surface area contributed by atoms with Crippen LogP contribution >= 0.6 is 0 Å². The van der Waals surface area contributed by atoms with Gasteiger partial charge in [-0.2, -0.15) is 0 Å². The zero-order valence-electron chi connectivity index (χ0n) is 8.90. The Balaban J connectivity index is 4.02. The minimum absolute atomic E-state index is 0.0351. The monoisotopic (exact) mass is 218 g/mol. The molecule has 5 nitrogen and oxygen atoms in total. The molecule has 0 atom stereocenters. The van der Waals surface area contributed by atoms with E-state index in [4.69, 9.17) is 20.1 Å². The number of rotatable bonds is 7. The molecule has 3 N–H and O–H groups in total. The second-order valence-corrected chi connectivity index (χ2v) is 3.64. The Hall–Kier alpha value is -0.910. The molecule has 0 aliphatic carbocycles. The highest BCUT2D eigenvalue weighted by Crippen LogP contribution is 2.19. The Morgan fingerprint density at radius 3 is 2.07 bits per heavy atom. The first-order chi connectivity index (χ1) is 7.01. The van der Waals surface area contributed by atoms with E-state index in [1.165, 1.54) is 6.92 Å². The lowest BCUT2D eigenvalue weighted by atomic mass is 9.88. The number of carbonyl (C=O) groups excluding carboxylic acids is 1. The van der Waals surface area contributed by atoms with Gasteiger partial charge in [-0.15, -0.1) is 0 Å². The van der Waals surface area contributed by atoms with Crippen molar-refractivity contribution >= 4 is 5.97 Å². The molecule has 0 aliphatic rings. The Bertz CT molecular complexity index is 212. The van der Waals surface area contributed by atoms with Gasteiger partial charge in [0, 0.05) is 11.0 Å². The molecule has 0 fully saturated rings. The highest BCUT2D eigenvalue weighted by atomic mass is 16.5. The lowest BCUT2D eigenvalue weighted by Gasteiger charge is -2.26. The minimum atomic E-state index is -0.991. The van der Waals surface area contributed by atoms with Gasteiger partial charge in [0.1, 0.15) is 0 Å². The second kappa shape index (κ2) is 6.55. The van der Waals surface area contributed by atoms with Crippen LogP contribution in [-0.4, -0.2) is 47.7 Å². The molecule has 5 heteroatoms. The van der Waals surface area contributed by atoms with E-state index in [2.05, 4.69) is 6.58 Å². The van der Waals surface area contributed by atoms with Crippen LogP contribution < -0.4 is 0 Å². The first-order valence-electron chi connectivity index (χ1n) is 4.66. The van der Waals surface area contributed by atoms with E-state index in [1.807, 2.05) is 0 Å². The molecule has 0 saturated carbocycles. The number of hydrogen-bond acceptors (Lipinski definition) is 5. The topological polar surface area (TPSA) is 87.0 Å². The minimum Gasteiger partial charge on any atom is -0.462 e. The average Bonchev–Trinajstić information content (AvgIpc) is 2.24. The fraction of sp³-hybridized carbons (Fsp3) is 0.700. The third kappa shape index (κ3) is 4.42. The molecule has 0 rings (SSSR count). The summed E-state index contributed by atoms with van der Waals surface area (Å²) in [6.07, 6.45) is 0.204. The molecule has 0 amide bonds. The third-order valence-electron chi connectivity index (χ3n) is 2.22. The van der Waals surface area contributed by atoms with E-state index in [0.29, 0.717) is 0 Å². The van der Waals surface area contributed by atoms with Crippen molar-refractivity contribution in [2.75, 3.05) is 26.4 Å². The maximum absolute atomic E-state index is 11.0. The molecule has 0 heterocycles. The summed E-state index contributed by atoms with van der Waals surface area (Å²) < 4.78 is 4.79. The van der Waals surface area contributed by atoms with Crippen molar-refractivity contribution in [1.29, 1.82) is 0 Å². The molecule has 0 aliphatic heterocycles. The summed E-state index contributed by atoms with van der Waals surface area (Å²) in [5, 5.41) is 26.9. The van der Waals surface area contributed by atoms with Crippen molar-refractivity contribution in [1.82, 2.24) is 0 Å². The van der Waals surface area contributed by atoms with Gasteiger partial charge in [0.15, 0.2) is 0 Å². The van der Waals surface area contributed by atoms with Gasteiger partial charge in [0.25, 0.3) is 0 Å². The zero-order valence-corrected chi connectivity index (χ0v) is 8.90. The van der Waals surface area contributed by atoms with E-state index in [-0.39, 0.29) is 38.4 Å². The maximum Gasteiger partial charge on any atom is 0.333 e. The number of esters is 1. The van der Waals surface area contributed by atoms with Gasteiger partial charge in [-0.25, -0.2) is 4.79 Å². The standard InChI is InChI=1S/C10H18O5/c1-8(2)9(14)15-4-3-10(5-11,6-12)7-13/h11-13H,1,3-7H2,2H3. The first-order valence-corrected chi connectivity index (χ1v) is 4.66. The number of aliphatic hydroxyl groups excluding tert-OH is 3. The van der Waals surface area contributed by atoms with Gasteiger partial charge in [0.05, 0.1) is 26.4 Å². The molecule has 0 aromatic heterocycles. The Morgan fingerprint density at radius 1 is 1.27 bits per heavy atom. The predicted octanol–water partition coefficient (Wildman–Crippen LogP) is -0.541. The fourth-order valence-corrected chi connectivity index (χ4v) is 0.871. The Kier molecular flexibility index (Phi) is 6.15. The van der Waals surface area contributed by atoms with Crippen LogP contribution in [0.25, 0.3) is 0 Å². The van der Waals surface area contributed by atoms with Gasteiger partial charge in [-0.3, -0.25) is 0 Å². The van der Waals surface area contributed by atoms with Gasteiger partial charge in [-0.1, -0.05) is 6.58 Å². The summed E-state index contributed by atoms with van der Waals surface area (Å²) in [5.41, 5.74) is -0.701. The SMILES string of the molecule is C=C(C)C(=O)OCCC(CO)(CO)CO. The smallest absolute Gasteiger partial charge is 0.333 e. The zero-order chi connectivity index (χ0) is 11.9. The van der Waals surface area contributed by atoms with Crippen molar-refractivity contribution in [2.45, 2.75) is 13.3 Å². The van der Waals surface area contributed by atoms with Crippen LogP contribution in [0.4, 0.5) is 0 Å². The molecular formula is C10H18O5. The molecule has 0 saturated heterocycles. The van der Waals surface area contributed by atoms with Gasteiger partial charge < -0.3 is 20.1 Å². The summed E-state index contributed by atoms with van der Waals surface area (Å²) in [6.45, 7) is 3.90. The Labute approximate surface area is 89.0 Å². The third-order valence-corrected chi connectivity index (χ3v) is 2.22. The molecule has 0 unspecified atom stereocenters. The lowest BCUT2D eigenvalue weighted by molar-refractivity contribution is -0.140. The van der Waals surface area contributed by atoms with E-state index >= 15 is 0 Å². The van der Waals surface area contributed by atoms with Crippen molar-refractivity contribution < 1.29 is 24.9 Å². The molecule has 0 bridgehead atoms. The van der Waals surface area contributed by atoms with Crippen molar-refractivity contribution in [3.63, 3.8) is 0 Å². The normalized spacial score (nSPS) is 11.2. The first kappa shape index (κ1) is 14.1. The predicted molar refractivity (Wildman–Crippen MR) is 54.1 cm³/mol. The van der Waals surface area contributed by atoms with Crippen molar-refractivity contribution in [2.24, 2.45) is 5.41 Å². The molecule has 88 valence electrons. The van der Waals surface area contributed by atoms with Crippen LogP contribution in [-0.2, 0) is 9.53 Å².